The lowest BCUT2D eigenvalue weighted by Crippen LogP contribution is -2.33. The van der Waals surface area contributed by atoms with Crippen LogP contribution in [0.2, 0.25) is 0 Å². The molecule has 1 aliphatic heterocycles. The Morgan fingerprint density at radius 1 is 0.970 bits per heavy atom. The lowest BCUT2D eigenvalue weighted by atomic mass is 9.88. The van der Waals surface area contributed by atoms with Gasteiger partial charge in [0.2, 0.25) is 5.95 Å². The molecule has 33 heavy (non-hydrogen) atoms. The fourth-order valence-corrected chi connectivity index (χ4v) is 3.65. The first kappa shape index (κ1) is 21.8. The van der Waals surface area contributed by atoms with Crippen LogP contribution in [0.15, 0.2) is 53.7 Å². The molecule has 0 saturated carbocycles. The van der Waals surface area contributed by atoms with Gasteiger partial charge in [0.25, 0.3) is 0 Å². The van der Waals surface area contributed by atoms with Crippen LogP contribution in [-0.2, 0) is 9.53 Å². The number of rotatable bonds is 7. The second kappa shape index (κ2) is 8.99. The maximum absolute atomic E-state index is 13.9. The first-order chi connectivity index (χ1) is 16.0. The van der Waals surface area contributed by atoms with Gasteiger partial charge in [0.1, 0.15) is 29.0 Å². The van der Waals surface area contributed by atoms with Crippen molar-refractivity contribution in [3.63, 3.8) is 0 Å². The van der Waals surface area contributed by atoms with Crippen LogP contribution in [0.1, 0.15) is 22.0 Å². The Kier molecular flexibility index (Phi) is 5.94. The first-order valence-corrected chi connectivity index (χ1v) is 9.80. The van der Waals surface area contributed by atoms with Crippen molar-refractivity contribution in [3.8, 4) is 17.2 Å². The van der Waals surface area contributed by atoms with Crippen molar-refractivity contribution in [2.24, 2.45) is 0 Å². The number of hydrogen-bond donors (Lipinski definition) is 1. The van der Waals surface area contributed by atoms with Crippen LogP contribution in [0.3, 0.4) is 0 Å². The molecule has 0 radical (unpaired) electrons. The van der Waals surface area contributed by atoms with Crippen molar-refractivity contribution in [1.29, 1.82) is 0 Å². The SMILES string of the molecule is COC(=O)C1=C(C(=O)c2cccc(OC)c2)[C@@H](c2cc(OC)ccc2OC)n2nnnc2N1. The highest BCUT2D eigenvalue weighted by Gasteiger charge is 2.40. The van der Waals surface area contributed by atoms with Crippen LogP contribution in [0.4, 0.5) is 5.95 Å². The summed E-state index contributed by atoms with van der Waals surface area (Å²) in [4.78, 5) is 26.6. The minimum Gasteiger partial charge on any atom is -0.497 e. The number of aromatic nitrogens is 4. The molecule has 0 bridgehead atoms. The zero-order valence-corrected chi connectivity index (χ0v) is 18.4. The summed E-state index contributed by atoms with van der Waals surface area (Å²) >= 11 is 0. The number of Topliss-reactive ketones (excluding diaryl/α,β-unsaturated/α-hetero) is 1. The van der Waals surface area contributed by atoms with Gasteiger partial charge in [0, 0.05) is 11.1 Å². The third-order valence-electron chi connectivity index (χ3n) is 5.21. The number of hydrogen-bond acceptors (Lipinski definition) is 10. The van der Waals surface area contributed by atoms with E-state index in [2.05, 4.69) is 20.8 Å². The largest absolute Gasteiger partial charge is 0.497 e. The van der Waals surface area contributed by atoms with Gasteiger partial charge in [-0.3, -0.25) is 4.79 Å². The van der Waals surface area contributed by atoms with E-state index < -0.39 is 17.8 Å². The summed E-state index contributed by atoms with van der Waals surface area (Å²) < 4.78 is 22.6. The molecule has 1 aromatic heterocycles. The lowest BCUT2D eigenvalue weighted by molar-refractivity contribution is -0.136. The summed E-state index contributed by atoms with van der Waals surface area (Å²) in [6.45, 7) is 0. The predicted octanol–water partition coefficient (Wildman–Crippen LogP) is 2.02. The van der Waals surface area contributed by atoms with E-state index in [4.69, 9.17) is 18.9 Å². The fraction of sp³-hybridized carbons (Fsp3) is 0.227. The average Bonchev–Trinajstić information content (AvgIpc) is 3.34. The highest BCUT2D eigenvalue weighted by atomic mass is 16.5. The number of tetrazole rings is 1. The maximum atomic E-state index is 13.9. The van der Waals surface area contributed by atoms with Crippen molar-refractivity contribution in [1.82, 2.24) is 20.2 Å². The first-order valence-electron chi connectivity index (χ1n) is 9.80. The molecule has 11 nitrogen and oxygen atoms in total. The van der Waals surface area contributed by atoms with Gasteiger partial charge in [-0.25, -0.2) is 4.79 Å². The highest BCUT2D eigenvalue weighted by Crippen LogP contribution is 2.41. The maximum Gasteiger partial charge on any atom is 0.355 e. The van der Waals surface area contributed by atoms with E-state index in [9.17, 15) is 9.59 Å². The molecule has 0 fully saturated rings. The van der Waals surface area contributed by atoms with E-state index in [1.807, 2.05) is 0 Å². The Labute approximate surface area is 188 Å². The number of carbonyl (C=O) groups excluding carboxylic acids is 2. The van der Waals surface area contributed by atoms with Gasteiger partial charge < -0.3 is 24.3 Å². The molecule has 3 aromatic rings. The van der Waals surface area contributed by atoms with Crippen molar-refractivity contribution in [2.75, 3.05) is 33.8 Å². The number of ketones is 1. The summed E-state index contributed by atoms with van der Waals surface area (Å²) in [6, 6.07) is 10.8. The number of ether oxygens (including phenoxy) is 4. The summed E-state index contributed by atoms with van der Waals surface area (Å²) in [6.07, 6.45) is 0. The Bertz CT molecular complexity index is 1250. The Hall–Kier alpha value is -4.41. The van der Waals surface area contributed by atoms with E-state index in [0.29, 0.717) is 28.4 Å². The molecular formula is C22H21N5O6. The van der Waals surface area contributed by atoms with E-state index >= 15 is 0 Å². The van der Waals surface area contributed by atoms with E-state index in [1.54, 1.807) is 42.5 Å². The minimum atomic E-state index is -0.922. The highest BCUT2D eigenvalue weighted by molar-refractivity contribution is 6.15. The zero-order valence-electron chi connectivity index (χ0n) is 18.4. The zero-order chi connectivity index (χ0) is 23.5. The van der Waals surface area contributed by atoms with Crippen molar-refractivity contribution in [2.45, 2.75) is 6.04 Å². The van der Waals surface area contributed by atoms with Crippen LogP contribution >= 0.6 is 0 Å². The summed E-state index contributed by atoms with van der Waals surface area (Å²) in [5, 5.41) is 14.5. The molecule has 0 spiro atoms. The van der Waals surface area contributed by atoms with Gasteiger partial charge in [-0.2, -0.15) is 4.68 Å². The van der Waals surface area contributed by atoms with Gasteiger partial charge in [-0.15, -0.1) is 0 Å². The van der Waals surface area contributed by atoms with E-state index in [1.165, 1.54) is 33.1 Å². The van der Waals surface area contributed by atoms with Crippen molar-refractivity contribution >= 4 is 17.7 Å². The number of esters is 1. The van der Waals surface area contributed by atoms with Gasteiger partial charge in [0.15, 0.2) is 5.78 Å². The molecule has 0 unspecified atom stereocenters. The number of benzene rings is 2. The summed E-state index contributed by atoms with van der Waals surface area (Å²) in [5.41, 5.74) is 0.805. The van der Waals surface area contributed by atoms with E-state index in [-0.39, 0.29) is 17.2 Å². The quantitative estimate of drug-likeness (QED) is 0.421. The third-order valence-corrected chi connectivity index (χ3v) is 5.21. The van der Waals surface area contributed by atoms with Crippen molar-refractivity contribution < 1.29 is 28.5 Å². The van der Waals surface area contributed by atoms with Gasteiger partial charge in [0.05, 0.1) is 34.0 Å². The molecular weight excluding hydrogens is 430 g/mol. The molecule has 0 saturated heterocycles. The van der Waals surface area contributed by atoms with Crippen LogP contribution in [0, 0.1) is 0 Å². The number of fused-ring (bicyclic) bond motifs is 1. The van der Waals surface area contributed by atoms with Crippen LogP contribution in [-0.4, -0.2) is 60.4 Å². The number of methoxy groups -OCH3 is 4. The number of allylic oxidation sites excluding steroid dienone is 1. The molecule has 11 heteroatoms. The number of anilines is 1. The smallest absolute Gasteiger partial charge is 0.355 e. The van der Waals surface area contributed by atoms with E-state index in [0.717, 1.165) is 0 Å². The molecule has 2 aromatic carbocycles. The summed E-state index contributed by atoms with van der Waals surface area (Å²) in [7, 11) is 5.75. The van der Waals surface area contributed by atoms with Crippen LogP contribution in [0.5, 0.6) is 17.2 Å². The Balaban J connectivity index is 2.00. The molecule has 1 atom stereocenters. The Morgan fingerprint density at radius 2 is 1.73 bits per heavy atom. The van der Waals surface area contributed by atoms with Crippen LogP contribution < -0.4 is 19.5 Å². The molecule has 1 aliphatic rings. The molecule has 1 N–H and O–H groups in total. The second-order valence-corrected chi connectivity index (χ2v) is 6.92. The molecule has 4 rings (SSSR count). The van der Waals surface area contributed by atoms with Gasteiger partial charge >= 0.3 is 5.97 Å². The lowest BCUT2D eigenvalue weighted by Gasteiger charge is -2.29. The number of carbonyl (C=O) groups is 2. The number of nitrogens with zero attached hydrogens (tertiary/aromatic N) is 4. The molecule has 170 valence electrons. The summed E-state index contributed by atoms with van der Waals surface area (Å²) in [5.74, 6) is 0.423. The number of nitrogens with one attached hydrogen (secondary N) is 1. The van der Waals surface area contributed by atoms with Gasteiger partial charge in [-0.05, 0) is 40.8 Å². The predicted molar refractivity (Wildman–Crippen MR) is 115 cm³/mol. The topological polar surface area (TPSA) is 127 Å². The molecule has 2 heterocycles. The standard InChI is InChI=1S/C22H21N5O6/c1-30-13-7-5-6-12(10-13)20(28)17-18(21(29)33-4)23-22-24-25-26-27(22)19(17)15-11-14(31-2)8-9-16(15)32-3/h5-11,19H,1-4H3,(H,23,24,26)/t19-/m1/s1. The second-order valence-electron chi connectivity index (χ2n) is 6.92. The third kappa shape index (κ3) is 3.84. The average molecular weight is 451 g/mol. The van der Waals surface area contributed by atoms with Crippen molar-refractivity contribution in [3.05, 3.63) is 64.9 Å². The van der Waals surface area contributed by atoms with Gasteiger partial charge in [-0.1, -0.05) is 17.2 Å². The van der Waals surface area contributed by atoms with Crippen LogP contribution in [0.25, 0.3) is 0 Å². The fourth-order valence-electron chi connectivity index (χ4n) is 3.65. The minimum absolute atomic E-state index is 0.0708. The normalized spacial score (nSPS) is 14.7. The Morgan fingerprint density at radius 3 is 2.42 bits per heavy atom. The molecule has 0 aliphatic carbocycles. The molecule has 0 amide bonds. The monoisotopic (exact) mass is 451 g/mol.